The van der Waals surface area contributed by atoms with Crippen LogP contribution in [0.1, 0.15) is 24.5 Å². The van der Waals surface area contributed by atoms with Crippen LogP contribution in [0.2, 0.25) is 0 Å². The van der Waals surface area contributed by atoms with Crippen molar-refractivity contribution >= 4 is 29.1 Å². The maximum absolute atomic E-state index is 12.4. The van der Waals surface area contributed by atoms with Crippen LogP contribution in [0.4, 0.5) is 11.4 Å². The molecule has 0 radical (unpaired) electrons. The molecule has 3 rings (SSSR count). The number of carbonyl (C=O) groups is 3. The van der Waals surface area contributed by atoms with Crippen LogP contribution in [0, 0.1) is 12.8 Å². The molecule has 0 saturated carbocycles. The first-order chi connectivity index (χ1) is 12.9. The van der Waals surface area contributed by atoms with Crippen LogP contribution in [0.25, 0.3) is 0 Å². The first kappa shape index (κ1) is 18.6. The molecule has 6 heteroatoms. The summed E-state index contributed by atoms with van der Waals surface area (Å²) in [6.45, 7) is 4.27. The molecule has 6 nitrogen and oxygen atoms in total. The van der Waals surface area contributed by atoms with Crippen LogP contribution in [-0.2, 0) is 20.9 Å². The van der Waals surface area contributed by atoms with Gasteiger partial charge in [-0.15, -0.1) is 0 Å². The Labute approximate surface area is 158 Å². The fourth-order valence-electron chi connectivity index (χ4n) is 3.10. The topological polar surface area (TPSA) is 78.5 Å². The van der Waals surface area contributed by atoms with Crippen molar-refractivity contribution in [3.8, 4) is 0 Å². The fraction of sp³-hybridized carbons (Fsp3) is 0.286. The smallest absolute Gasteiger partial charge is 0.227 e. The average Bonchev–Trinajstić information content (AvgIpc) is 3.03. The van der Waals surface area contributed by atoms with Gasteiger partial charge >= 0.3 is 0 Å². The Morgan fingerprint density at radius 1 is 1.07 bits per heavy atom. The highest BCUT2D eigenvalue weighted by molar-refractivity contribution is 6.00. The summed E-state index contributed by atoms with van der Waals surface area (Å²) in [6.07, 6.45) is 0.202. The Hall–Kier alpha value is -3.15. The fourth-order valence-corrected chi connectivity index (χ4v) is 3.10. The standard InChI is InChI=1S/C21H23N3O3/c1-14-3-5-16(6-4-14)12-22-21(27)17-11-20(26)24(13-17)19-9-7-18(8-10-19)23-15(2)25/h3-10,17H,11-13H2,1-2H3,(H,22,27)(H,23,25). The Morgan fingerprint density at radius 2 is 1.74 bits per heavy atom. The molecular formula is C21H23N3O3. The lowest BCUT2D eigenvalue weighted by molar-refractivity contribution is -0.126. The van der Waals surface area contributed by atoms with Gasteiger partial charge in [0.2, 0.25) is 17.7 Å². The predicted octanol–water partition coefficient (Wildman–Crippen LogP) is 2.62. The zero-order valence-corrected chi connectivity index (χ0v) is 15.5. The maximum Gasteiger partial charge on any atom is 0.227 e. The number of aryl methyl sites for hydroxylation is 1. The number of rotatable bonds is 5. The van der Waals surface area contributed by atoms with Gasteiger partial charge < -0.3 is 15.5 Å². The monoisotopic (exact) mass is 365 g/mol. The van der Waals surface area contributed by atoms with Crippen molar-refractivity contribution in [1.82, 2.24) is 5.32 Å². The van der Waals surface area contributed by atoms with Crippen LogP contribution in [0.15, 0.2) is 48.5 Å². The number of anilines is 2. The molecule has 140 valence electrons. The molecule has 2 aromatic carbocycles. The first-order valence-corrected chi connectivity index (χ1v) is 8.93. The minimum absolute atomic E-state index is 0.0715. The number of hydrogen-bond acceptors (Lipinski definition) is 3. The molecule has 0 bridgehead atoms. The molecule has 1 fully saturated rings. The van der Waals surface area contributed by atoms with E-state index in [9.17, 15) is 14.4 Å². The van der Waals surface area contributed by atoms with E-state index < -0.39 is 0 Å². The van der Waals surface area contributed by atoms with Crippen LogP contribution < -0.4 is 15.5 Å². The summed E-state index contributed by atoms with van der Waals surface area (Å²) in [7, 11) is 0. The molecule has 0 aromatic heterocycles. The molecule has 2 N–H and O–H groups in total. The van der Waals surface area contributed by atoms with E-state index in [2.05, 4.69) is 10.6 Å². The molecule has 2 aromatic rings. The molecule has 1 unspecified atom stereocenters. The van der Waals surface area contributed by atoms with Gasteiger partial charge in [0.1, 0.15) is 0 Å². The van der Waals surface area contributed by atoms with Crippen molar-refractivity contribution in [2.75, 3.05) is 16.8 Å². The summed E-state index contributed by atoms with van der Waals surface area (Å²) in [5, 5.41) is 5.61. The minimum atomic E-state index is -0.363. The van der Waals surface area contributed by atoms with E-state index in [-0.39, 0.29) is 30.1 Å². The lowest BCUT2D eigenvalue weighted by atomic mass is 10.1. The summed E-state index contributed by atoms with van der Waals surface area (Å²) in [4.78, 5) is 37.5. The highest BCUT2D eigenvalue weighted by Crippen LogP contribution is 2.26. The van der Waals surface area contributed by atoms with Gasteiger partial charge in [-0.05, 0) is 36.8 Å². The summed E-state index contributed by atoms with van der Waals surface area (Å²) in [5.41, 5.74) is 3.60. The Balaban J connectivity index is 1.58. The average molecular weight is 365 g/mol. The van der Waals surface area contributed by atoms with E-state index >= 15 is 0 Å². The summed E-state index contributed by atoms with van der Waals surface area (Å²) < 4.78 is 0. The van der Waals surface area contributed by atoms with E-state index in [1.54, 1.807) is 29.2 Å². The Morgan fingerprint density at radius 3 is 2.37 bits per heavy atom. The van der Waals surface area contributed by atoms with Crippen molar-refractivity contribution in [1.29, 1.82) is 0 Å². The van der Waals surface area contributed by atoms with Gasteiger partial charge in [-0.1, -0.05) is 29.8 Å². The van der Waals surface area contributed by atoms with Crippen LogP contribution in [0.3, 0.4) is 0 Å². The SMILES string of the molecule is CC(=O)Nc1ccc(N2CC(C(=O)NCc3ccc(C)cc3)CC2=O)cc1. The Bertz CT molecular complexity index is 844. The molecule has 1 saturated heterocycles. The van der Waals surface area contributed by atoms with E-state index in [0.717, 1.165) is 11.3 Å². The number of hydrogen-bond donors (Lipinski definition) is 2. The van der Waals surface area contributed by atoms with Crippen molar-refractivity contribution in [3.63, 3.8) is 0 Å². The highest BCUT2D eigenvalue weighted by Gasteiger charge is 2.34. The van der Waals surface area contributed by atoms with E-state index in [0.29, 0.717) is 18.8 Å². The Kier molecular flexibility index (Phi) is 5.54. The molecule has 0 aliphatic carbocycles. The van der Waals surface area contributed by atoms with Crippen LogP contribution in [-0.4, -0.2) is 24.3 Å². The largest absolute Gasteiger partial charge is 0.352 e. The zero-order valence-electron chi connectivity index (χ0n) is 15.5. The minimum Gasteiger partial charge on any atom is -0.352 e. The molecule has 3 amide bonds. The number of nitrogens with one attached hydrogen (secondary N) is 2. The number of nitrogens with zero attached hydrogens (tertiary/aromatic N) is 1. The van der Waals surface area contributed by atoms with Gasteiger partial charge in [0.05, 0.1) is 5.92 Å². The van der Waals surface area contributed by atoms with Crippen molar-refractivity contribution in [2.24, 2.45) is 5.92 Å². The van der Waals surface area contributed by atoms with E-state index in [4.69, 9.17) is 0 Å². The normalized spacial score (nSPS) is 16.3. The lowest BCUT2D eigenvalue weighted by Crippen LogP contribution is -2.32. The summed E-state index contributed by atoms with van der Waals surface area (Å²) >= 11 is 0. The molecule has 1 aliphatic heterocycles. The second-order valence-corrected chi connectivity index (χ2v) is 6.84. The molecule has 1 aliphatic rings. The summed E-state index contributed by atoms with van der Waals surface area (Å²) in [5.74, 6) is -0.692. The third kappa shape index (κ3) is 4.73. The molecule has 27 heavy (non-hydrogen) atoms. The number of benzene rings is 2. The first-order valence-electron chi connectivity index (χ1n) is 8.93. The van der Waals surface area contributed by atoms with Crippen molar-refractivity contribution < 1.29 is 14.4 Å². The van der Waals surface area contributed by atoms with Gasteiger partial charge in [0.25, 0.3) is 0 Å². The second kappa shape index (κ2) is 8.03. The molecular weight excluding hydrogens is 342 g/mol. The second-order valence-electron chi connectivity index (χ2n) is 6.84. The quantitative estimate of drug-likeness (QED) is 0.855. The third-order valence-electron chi connectivity index (χ3n) is 4.58. The van der Waals surface area contributed by atoms with Gasteiger partial charge in [-0.2, -0.15) is 0 Å². The molecule has 0 spiro atoms. The highest BCUT2D eigenvalue weighted by atomic mass is 16.2. The van der Waals surface area contributed by atoms with Crippen molar-refractivity contribution in [2.45, 2.75) is 26.8 Å². The van der Waals surface area contributed by atoms with Gasteiger partial charge in [-0.25, -0.2) is 0 Å². The van der Waals surface area contributed by atoms with E-state index in [1.807, 2.05) is 31.2 Å². The van der Waals surface area contributed by atoms with Gasteiger partial charge in [0.15, 0.2) is 0 Å². The van der Waals surface area contributed by atoms with Crippen molar-refractivity contribution in [3.05, 3.63) is 59.7 Å². The zero-order chi connectivity index (χ0) is 19.4. The lowest BCUT2D eigenvalue weighted by Gasteiger charge is -2.17. The number of carbonyl (C=O) groups excluding carboxylic acids is 3. The molecule has 1 heterocycles. The maximum atomic E-state index is 12.4. The van der Waals surface area contributed by atoms with Crippen LogP contribution in [0.5, 0.6) is 0 Å². The van der Waals surface area contributed by atoms with Gasteiger partial charge in [0, 0.05) is 37.8 Å². The predicted molar refractivity (Wildman–Crippen MR) is 104 cm³/mol. The number of amides is 3. The molecule has 1 atom stereocenters. The van der Waals surface area contributed by atoms with Crippen LogP contribution >= 0.6 is 0 Å². The third-order valence-corrected chi connectivity index (χ3v) is 4.58. The van der Waals surface area contributed by atoms with Gasteiger partial charge in [-0.3, -0.25) is 14.4 Å². The van der Waals surface area contributed by atoms with E-state index in [1.165, 1.54) is 12.5 Å². The summed E-state index contributed by atoms with van der Waals surface area (Å²) in [6, 6.07) is 15.0.